The highest BCUT2D eigenvalue weighted by atomic mass is 32.2. The van der Waals surface area contributed by atoms with E-state index in [9.17, 15) is 18.0 Å². The molecule has 0 heterocycles. The van der Waals surface area contributed by atoms with Crippen molar-refractivity contribution in [2.75, 3.05) is 18.1 Å². The van der Waals surface area contributed by atoms with Crippen LogP contribution in [-0.4, -0.2) is 28.6 Å². The molecule has 0 radical (unpaired) electrons. The Balaban J connectivity index is 2.18. The smallest absolute Gasteiger partial charge is 0.417 e. The van der Waals surface area contributed by atoms with Crippen molar-refractivity contribution in [1.82, 2.24) is 0 Å². The minimum Gasteiger partial charge on any atom is -0.478 e. The number of thioether (sulfide) groups is 1. The van der Waals surface area contributed by atoms with Crippen molar-refractivity contribution < 1.29 is 23.1 Å². The number of carboxylic acid groups (broad SMARTS) is 1. The molecular formula is C14H16F3NO2S. The second-order valence-corrected chi connectivity index (χ2v) is 6.43. The molecule has 0 saturated heterocycles. The van der Waals surface area contributed by atoms with E-state index < -0.39 is 23.3 Å². The van der Waals surface area contributed by atoms with Gasteiger partial charge in [-0.15, -0.1) is 0 Å². The van der Waals surface area contributed by atoms with E-state index in [2.05, 4.69) is 5.32 Å². The summed E-state index contributed by atoms with van der Waals surface area (Å²) < 4.78 is 38.4. The van der Waals surface area contributed by atoms with Crippen LogP contribution in [0, 0.1) is 0 Å². The third kappa shape index (κ3) is 3.45. The SMILES string of the molecule is CSC1(CNc2ccc(C(F)(F)F)c(C(=O)O)c2)CCC1. The van der Waals surface area contributed by atoms with E-state index in [0.29, 0.717) is 12.2 Å². The molecule has 0 atom stereocenters. The number of carboxylic acids is 1. The number of alkyl halides is 3. The number of hydrogen-bond acceptors (Lipinski definition) is 3. The molecule has 0 spiro atoms. The average Bonchev–Trinajstić information content (AvgIpc) is 2.36. The largest absolute Gasteiger partial charge is 0.478 e. The highest BCUT2D eigenvalue weighted by Crippen LogP contribution is 2.43. The highest BCUT2D eigenvalue weighted by molar-refractivity contribution is 8.00. The van der Waals surface area contributed by atoms with Crippen LogP contribution in [0.2, 0.25) is 0 Å². The van der Waals surface area contributed by atoms with Crippen LogP contribution in [0.15, 0.2) is 18.2 Å². The molecule has 1 aromatic carbocycles. The monoisotopic (exact) mass is 319 g/mol. The molecule has 0 bridgehead atoms. The molecule has 3 nitrogen and oxygen atoms in total. The van der Waals surface area contributed by atoms with Gasteiger partial charge in [-0.3, -0.25) is 0 Å². The first-order valence-corrected chi connectivity index (χ1v) is 7.73. The summed E-state index contributed by atoms with van der Waals surface area (Å²) in [5, 5.41) is 12.0. The summed E-state index contributed by atoms with van der Waals surface area (Å²) in [5.41, 5.74) is -1.44. The predicted octanol–water partition coefficient (Wildman–Crippen LogP) is 4.10. The fraction of sp³-hybridized carbons (Fsp3) is 0.500. The molecule has 2 N–H and O–H groups in total. The zero-order valence-electron chi connectivity index (χ0n) is 11.5. The number of aromatic carboxylic acids is 1. The number of hydrogen-bond donors (Lipinski definition) is 2. The second kappa shape index (κ2) is 5.79. The summed E-state index contributed by atoms with van der Waals surface area (Å²) in [6, 6.07) is 3.15. The first kappa shape index (κ1) is 16.0. The Morgan fingerprint density at radius 3 is 2.52 bits per heavy atom. The molecule has 21 heavy (non-hydrogen) atoms. The molecule has 1 saturated carbocycles. The standard InChI is InChI=1S/C14H16F3NO2S/c1-21-13(5-2-6-13)8-18-9-3-4-11(14(15,16)17)10(7-9)12(19)20/h3-4,7,18H,2,5-6,8H2,1H3,(H,19,20). The lowest BCUT2D eigenvalue weighted by Gasteiger charge is -2.40. The van der Waals surface area contributed by atoms with Gasteiger partial charge in [-0.25, -0.2) is 4.79 Å². The molecule has 1 aliphatic rings. The lowest BCUT2D eigenvalue weighted by molar-refractivity contribution is -0.138. The summed E-state index contributed by atoms with van der Waals surface area (Å²) in [4.78, 5) is 11.0. The van der Waals surface area contributed by atoms with E-state index in [1.807, 2.05) is 6.26 Å². The molecule has 1 aliphatic carbocycles. The normalized spacial score (nSPS) is 17.1. The predicted molar refractivity (Wildman–Crippen MR) is 77.0 cm³/mol. The van der Waals surface area contributed by atoms with Crippen molar-refractivity contribution >= 4 is 23.4 Å². The van der Waals surface area contributed by atoms with Gasteiger partial charge in [0, 0.05) is 17.0 Å². The molecule has 0 unspecified atom stereocenters. The molecule has 0 aliphatic heterocycles. The summed E-state index contributed by atoms with van der Waals surface area (Å²) in [5.74, 6) is -1.57. The van der Waals surface area contributed by atoms with Gasteiger partial charge in [-0.05, 0) is 37.3 Å². The molecule has 116 valence electrons. The molecule has 1 aromatic rings. The summed E-state index contributed by atoms with van der Waals surface area (Å²) in [6.07, 6.45) is 0.619. The Bertz CT molecular complexity index is 536. The highest BCUT2D eigenvalue weighted by Gasteiger charge is 2.37. The van der Waals surface area contributed by atoms with Crippen molar-refractivity contribution in [3.05, 3.63) is 29.3 Å². The lowest BCUT2D eigenvalue weighted by Crippen LogP contribution is -2.40. The van der Waals surface area contributed by atoms with Gasteiger partial charge in [-0.2, -0.15) is 24.9 Å². The Morgan fingerprint density at radius 2 is 2.10 bits per heavy atom. The number of anilines is 1. The van der Waals surface area contributed by atoms with Crippen molar-refractivity contribution in [3.63, 3.8) is 0 Å². The van der Waals surface area contributed by atoms with Crippen molar-refractivity contribution in [2.24, 2.45) is 0 Å². The minimum absolute atomic E-state index is 0.117. The maximum Gasteiger partial charge on any atom is 0.417 e. The van der Waals surface area contributed by atoms with Gasteiger partial charge in [0.25, 0.3) is 0 Å². The molecule has 7 heteroatoms. The fourth-order valence-electron chi connectivity index (χ4n) is 2.37. The molecule has 0 amide bonds. The van der Waals surface area contributed by atoms with E-state index >= 15 is 0 Å². The van der Waals surface area contributed by atoms with Crippen LogP contribution < -0.4 is 5.32 Å². The van der Waals surface area contributed by atoms with E-state index in [-0.39, 0.29) is 4.75 Å². The Morgan fingerprint density at radius 1 is 1.43 bits per heavy atom. The quantitative estimate of drug-likeness (QED) is 0.858. The van der Waals surface area contributed by atoms with Gasteiger partial charge in [0.2, 0.25) is 0 Å². The first-order valence-electron chi connectivity index (χ1n) is 6.51. The summed E-state index contributed by atoms with van der Waals surface area (Å²) in [6.45, 7) is 0.624. The number of rotatable bonds is 5. The summed E-state index contributed by atoms with van der Waals surface area (Å²) >= 11 is 1.74. The molecular weight excluding hydrogens is 303 g/mol. The van der Waals surface area contributed by atoms with Gasteiger partial charge in [0.1, 0.15) is 0 Å². The number of benzene rings is 1. The fourth-order valence-corrected chi connectivity index (χ4v) is 3.28. The molecule has 0 aromatic heterocycles. The minimum atomic E-state index is -4.67. The average molecular weight is 319 g/mol. The van der Waals surface area contributed by atoms with Crippen LogP contribution in [0.25, 0.3) is 0 Å². The van der Waals surface area contributed by atoms with Gasteiger partial charge in [0.15, 0.2) is 0 Å². The molecule has 2 rings (SSSR count). The third-order valence-electron chi connectivity index (χ3n) is 3.87. The van der Waals surface area contributed by atoms with E-state index in [0.717, 1.165) is 31.4 Å². The van der Waals surface area contributed by atoms with Crippen LogP contribution in [0.5, 0.6) is 0 Å². The summed E-state index contributed by atoms with van der Waals surface area (Å²) in [7, 11) is 0. The lowest BCUT2D eigenvalue weighted by atomic mass is 9.84. The van der Waals surface area contributed by atoms with Crippen LogP contribution in [0.3, 0.4) is 0 Å². The first-order chi connectivity index (χ1) is 9.77. The van der Waals surface area contributed by atoms with Crippen molar-refractivity contribution in [3.8, 4) is 0 Å². The zero-order valence-corrected chi connectivity index (χ0v) is 12.3. The van der Waals surface area contributed by atoms with Gasteiger partial charge >= 0.3 is 12.1 Å². The third-order valence-corrected chi connectivity index (χ3v) is 5.29. The number of carbonyl (C=O) groups is 1. The van der Waals surface area contributed by atoms with E-state index in [1.165, 1.54) is 6.07 Å². The van der Waals surface area contributed by atoms with Gasteiger partial charge in [0.05, 0.1) is 11.1 Å². The maximum absolute atomic E-state index is 12.7. The Hall–Kier alpha value is -1.37. The van der Waals surface area contributed by atoms with Crippen molar-refractivity contribution in [1.29, 1.82) is 0 Å². The maximum atomic E-state index is 12.7. The van der Waals surface area contributed by atoms with Crippen LogP contribution in [0.1, 0.15) is 35.2 Å². The molecule has 1 fully saturated rings. The van der Waals surface area contributed by atoms with Crippen LogP contribution in [-0.2, 0) is 6.18 Å². The van der Waals surface area contributed by atoms with E-state index in [4.69, 9.17) is 5.11 Å². The van der Waals surface area contributed by atoms with Gasteiger partial charge in [-0.1, -0.05) is 6.42 Å². The van der Waals surface area contributed by atoms with Crippen LogP contribution >= 0.6 is 11.8 Å². The second-order valence-electron chi connectivity index (χ2n) is 5.16. The Kier molecular flexibility index (Phi) is 4.41. The van der Waals surface area contributed by atoms with Gasteiger partial charge < -0.3 is 10.4 Å². The zero-order chi connectivity index (χ0) is 15.7. The number of nitrogens with one attached hydrogen (secondary N) is 1. The topological polar surface area (TPSA) is 49.3 Å². The number of halogens is 3. The Labute approximate surface area is 124 Å². The van der Waals surface area contributed by atoms with Crippen LogP contribution in [0.4, 0.5) is 18.9 Å². The van der Waals surface area contributed by atoms with E-state index in [1.54, 1.807) is 11.8 Å². The van der Waals surface area contributed by atoms with Crippen molar-refractivity contribution in [2.45, 2.75) is 30.2 Å².